The molecule has 0 bridgehead atoms. The van der Waals surface area contributed by atoms with Crippen LogP contribution in [0.25, 0.3) is 10.9 Å². The highest BCUT2D eigenvalue weighted by Gasteiger charge is 2.36. The fourth-order valence-electron chi connectivity index (χ4n) is 3.24. The van der Waals surface area contributed by atoms with E-state index in [0.29, 0.717) is 24.0 Å². The van der Waals surface area contributed by atoms with Gasteiger partial charge in [0.25, 0.3) is 0 Å². The van der Waals surface area contributed by atoms with Crippen LogP contribution in [0.5, 0.6) is 11.6 Å². The second-order valence-corrected chi connectivity index (χ2v) is 6.20. The van der Waals surface area contributed by atoms with Crippen molar-refractivity contribution >= 4 is 10.9 Å². The van der Waals surface area contributed by atoms with Crippen LogP contribution in [0.1, 0.15) is 35.9 Å². The lowest BCUT2D eigenvalue weighted by Crippen LogP contribution is -2.13. The zero-order valence-corrected chi connectivity index (χ0v) is 13.6. The van der Waals surface area contributed by atoms with Gasteiger partial charge >= 0.3 is 6.18 Å². The molecular weight excluding hydrogens is 345 g/mol. The number of aliphatic hydroxyl groups is 1. The number of aromatic nitrogens is 2. The second-order valence-electron chi connectivity index (χ2n) is 6.20. The van der Waals surface area contributed by atoms with E-state index in [2.05, 4.69) is 9.97 Å². The molecule has 7 heteroatoms. The van der Waals surface area contributed by atoms with Gasteiger partial charge in [-0.2, -0.15) is 18.2 Å². The van der Waals surface area contributed by atoms with Crippen LogP contribution < -0.4 is 4.74 Å². The number of aliphatic hydroxyl groups excluding tert-OH is 1. The van der Waals surface area contributed by atoms with Crippen molar-refractivity contribution in [2.75, 3.05) is 0 Å². The zero-order chi connectivity index (χ0) is 18.3. The summed E-state index contributed by atoms with van der Waals surface area (Å²) in [6.45, 7) is 0. The second kappa shape index (κ2) is 6.25. The topological polar surface area (TPSA) is 55.2 Å². The molecule has 4 rings (SSSR count). The minimum absolute atomic E-state index is 0.142. The quantitative estimate of drug-likeness (QED) is 0.712. The summed E-state index contributed by atoms with van der Waals surface area (Å²) in [5.74, 6) is -0.967. The Balaban J connectivity index is 1.84. The number of nitrogens with zero attached hydrogens (tertiary/aromatic N) is 2. The lowest BCUT2D eigenvalue weighted by Gasteiger charge is -2.23. The molecule has 0 fully saturated rings. The molecule has 0 amide bonds. The maximum Gasteiger partial charge on any atom is 0.451 e. The monoisotopic (exact) mass is 360 g/mol. The van der Waals surface area contributed by atoms with Crippen molar-refractivity contribution in [2.24, 2.45) is 0 Å². The molecule has 2 aromatic carbocycles. The molecule has 134 valence electrons. The van der Waals surface area contributed by atoms with Crippen LogP contribution in [0.3, 0.4) is 0 Å². The van der Waals surface area contributed by atoms with Crippen LogP contribution >= 0.6 is 0 Å². The van der Waals surface area contributed by atoms with E-state index in [1.165, 1.54) is 6.07 Å². The number of benzene rings is 2. The Kier molecular flexibility index (Phi) is 4.03. The van der Waals surface area contributed by atoms with E-state index < -0.39 is 18.1 Å². The molecule has 0 saturated heterocycles. The van der Waals surface area contributed by atoms with E-state index in [0.717, 1.165) is 17.5 Å². The molecule has 3 aromatic rings. The third-order valence-corrected chi connectivity index (χ3v) is 4.46. The highest BCUT2D eigenvalue weighted by molar-refractivity contribution is 5.83. The van der Waals surface area contributed by atoms with Crippen LogP contribution in [-0.4, -0.2) is 15.1 Å². The van der Waals surface area contributed by atoms with Crippen molar-refractivity contribution in [3.63, 3.8) is 0 Å². The number of fused-ring (bicyclic) bond motifs is 2. The Labute approximate surface area is 147 Å². The minimum Gasteiger partial charge on any atom is -0.438 e. The van der Waals surface area contributed by atoms with Crippen LogP contribution in [0, 0.1) is 0 Å². The molecule has 0 aliphatic heterocycles. The summed E-state index contributed by atoms with van der Waals surface area (Å²) < 4.78 is 45.2. The normalized spacial score (nSPS) is 17.2. The van der Waals surface area contributed by atoms with Crippen molar-refractivity contribution in [1.29, 1.82) is 0 Å². The minimum atomic E-state index is -4.67. The van der Waals surface area contributed by atoms with E-state index >= 15 is 0 Å². The standard InChI is InChI=1S/C19H15F3N2O2/c20-19(21,22)18-23-14-8-2-1-5-13(14)17(24-18)26-16-10-4-6-11-12(16)7-3-9-15(11)25/h1-2,4-6,8,10,15,25H,3,7,9H2/t15-/m1/s1. The fraction of sp³-hybridized carbons (Fsp3) is 0.263. The Morgan fingerprint density at radius 3 is 2.65 bits per heavy atom. The number of para-hydroxylation sites is 1. The van der Waals surface area contributed by atoms with Crippen molar-refractivity contribution in [3.05, 3.63) is 59.4 Å². The summed E-state index contributed by atoms with van der Waals surface area (Å²) in [5.41, 5.74) is 1.72. The molecule has 26 heavy (non-hydrogen) atoms. The molecule has 1 aliphatic carbocycles. The first-order valence-corrected chi connectivity index (χ1v) is 8.25. The number of alkyl halides is 3. The molecule has 1 aromatic heterocycles. The molecule has 1 heterocycles. The molecule has 4 nitrogen and oxygen atoms in total. The Morgan fingerprint density at radius 1 is 1.04 bits per heavy atom. The van der Waals surface area contributed by atoms with E-state index in [-0.39, 0.29) is 11.4 Å². The van der Waals surface area contributed by atoms with Gasteiger partial charge in [0, 0.05) is 5.56 Å². The summed E-state index contributed by atoms with van der Waals surface area (Å²) >= 11 is 0. The average Bonchev–Trinajstić information content (AvgIpc) is 2.62. The van der Waals surface area contributed by atoms with Crippen molar-refractivity contribution in [1.82, 2.24) is 9.97 Å². The van der Waals surface area contributed by atoms with Crippen LogP contribution in [0.4, 0.5) is 13.2 Å². The van der Waals surface area contributed by atoms with Crippen molar-refractivity contribution < 1.29 is 23.0 Å². The highest BCUT2D eigenvalue weighted by Crippen LogP contribution is 2.39. The summed E-state index contributed by atoms with van der Waals surface area (Å²) in [6, 6.07) is 11.6. The fourth-order valence-corrected chi connectivity index (χ4v) is 3.24. The largest absolute Gasteiger partial charge is 0.451 e. The van der Waals surface area contributed by atoms with Gasteiger partial charge in [-0.1, -0.05) is 24.3 Å². The van der Waals surface area contributed by atoms with Crippen molar-refractivity contribution in [2.45, 2.75) is 31.5 Å². The first-order chi connectivity index (χ1) is 12.4. The van der Waals surface area contributed by atoms with Crippen LogP contribution in [-0.2, 0) is 12.6 Å². The molecule has 0 saturated carbocycles. The third-order valence-electron chi connectivity index (χ3n) is 4.46. The van der Waals surface area contributed by atoms with Gasteiger partial charge < -0.3 is 9.84 Å². The molecule has 1 N–H and O–H groups in total. The van der Waals surface area contributed by atoms with Gasteiger partial charge in [-0.05, 0) is 43.0 Å². The first kappa shape index (κ1) is 16.8. The predicted octanol–water partition coefficient (Wildman–Crippen LogP) is 4.81. The number of hydrogen-bond acceptors (Lipinski definition) is 4. The maximum absolute atomic E-state index is 13.1. The van der Waals surface area contributed by atoms with Gasteiger partial charge in [-0.15, -0.1) is 0 Å². The maximum atomic E-state index is 13.1. The van der Waals surface area contributed by atoms with Gasteiger partial charge in [0.1, 0.15) is 5.75 Å². The molecule has 1 atom stereocenters. The third kappa shape index (κ3) is 2.99. The molecular formula is C19H15F3N2O2. The molecule has 0 unspecified atom stereocenters. The first-order valence-electron chi connectivity index (χ1n) is 8.25. The number of rotatable bonds is 2. The zero-order valence-electron chi connectivity index (χ0n) is 13.6. The van der Waals surface area contributed by atoms with Gasteiger partial charge in [0.05, 0.1) is 17.0 Å². The SMILES string of the molecule is O[C@@H]1CCCc2c(Oc3nc(C(F)(F)F)nc4ccccc34)cccc21. The van der Waals surface area contributed by atoms with Crippen LogP contribution in [0.2, 0.25) is 0 Å². The molecule has 0 spiro atoms. The average molecular weight is 360 g/mol. The van der Waals surface area contributed by atoms with Gasteiger partial charge in [0.2, 0.25) is 11.7 Å². The summed E-state index contributed by atoms with van der Waals surface area (Å²) in [4.78, 5) is 7.21. The van der Waals surface area contributed by atoms with Crippen LogP contribution in [0.15, 0.2) is 42.5 Å². The summed E-state index contributed by atoms with van der Waals surface area (Å²) in [5, 5.41) is 10.5. The van der Waals surface area contributed by atoms with Crippen molar-refractivity contribution in [3.8, 4) is 11.6 Å². The Hall–Kier alpha value is -2.67. The lowest BCUT2D eigenvalue weighted by atomic mass is 9.89. The van der Waals surface area contributed by atoms with E-state index in [4.69, 9.17) is 4.74 Å². The predicted molar refractivity (Wildman–Crippen MR) is 89.0 cm³/mol. The molecule has 1 aliphatic rings. The smallest absolute Gasteiger partial charge is 0.438 e. The van der Waals surface area contributed by atoms with E-state index in [9.17, 15) is 18.3 Å². The number of halogens is 3. The number of ether oxygens (including phenoxy) is 1. The summed E-state index contributed by atoms with van der Waals surface area (Å²) in [7, 11) is 0. The number of hydrogen-bond donors (Lipinski definition) is 1. The lowest BCUT2D eigenvalue weighted by molar-refractivity contribution is -0.144. The van der Waals surface area contributed by atoms with E-state index in [1.54, 1.807) is 30.3 Å². The highest BCUT2D eigenvalue weighted by atomic mass is 19.4. The molecule has 0 radical (unpaired) electrons. The van der Waals surface area contributed by atoms with E-state index in [1.807, 2.05) is 6.07 Å². The Morgan fingerprint density at radius 2 is 1.85 bits per heavy atom. The summed E-state index contributed by atoms with van der Waals surface area (Å²) in [6.07, 6.45) is -3.13. The van der Waals surface area contributed by atoms with Gasteiger partial charge in [-0.3, -0.25) is 0 Å². The van der Waals surface area contributed by atoms with Gasteiger partial charge in [-0.25, -0.2) is 4.98 Å². The van der Waals surface area contributed by atoms with Gasteiger partial charge in [0.15, 0.2) is 0 Å². The Bertz CT molecular complexity index is 973.